The molecular formula is C19H20F3N7O2. The zero-order valence-electron chi connectivity index (χ0n) is 16.3. The van der Waals surface area contributed by atoms with E-state index in [1.54, 1.807) is 4.57 Å². The van der Waals surface area contributed by atoms with Crippen LogP contribution >= 0.6 is 0 Å². The number of aliphatic hydroxyl groups is 1. The van der Waals surface area contributed by atoms with Crippen LogP contribution in [-0.4, -0.2) is 56.7 Å². The van der Waals surface area contributed by atoms with Gasteiger partial charge in [0.1, 0.15) is 23.2 Å². The molecule has 2 fully saturated rings. The number of nitrogens with one attached hydrogen (secondary N) is 3. The van der Waals surface area contributed by atoms with Gasteiger partial charge in [0.05, 0.1) is 18.8 Å². The van der Waals surface area contributed by atoms with Gasteiger partial charge in [-0.05, 0) is 6.42 Å². The van der Waals surface area contributed by atoms with E-state index in [1.165, 1.54) is 6.20 Å². The van der Waals surface area contributed by atoms with E-state index in [9.17, 15) is 18.3 Å². The van der Waals surface area contributed by atoms with Crippen LogP contribution in [-0.2, 0) is 4.74 Å². The van der Waals surface area contributed by atoms with Crippen LogP contribution < -0.4 is 16.0 Å². The van der Waals surface area contributed by atoms with Crippen molar-refractivity contribution in [1.29, 1.82) is 0 Å². The number of nitrogens with zero attached hydrogens (tertiary/aromatic N) is 4. The predicted octanol–water partition coefficient (Wildman–Crippen LogP) is 2.04. The first-order valence-corrected chi connectivity index (χ1v) is 9.90. The molecule has 2 aliphatic rings. The standard InChI is InChI=1S/C19H20F3N7O2/c20-9-3-12(21)16(13(22)4-9)27-19-26-14-7-24-18(25-10-5-15(30)23-6-10)28-17(14)29(19)11-1-2-31-8-11/h3-4,7,10-11,15,23,30H,1-2,5-6,8H2,(H,26,27)(H,24,25,28)/t10-,11-,15?/m0/s1. The molecule has 0 spiro atoms. The zero-order valence-corrected chi connectivity index (χ0v) is 16.3. The second-order valence-electron chi connectivity index (χ2n) is 7.60. The third-order valence-corrected chi connectivity index (χ3v) is 5.39. The summed E-state index contributed by atoms with van der Waals surface area (Å²) in [6.45, 7) is 1.49. The molecule has 5 rings (SSSR count). The van der Waals surface area contributed by atoms with Crippen LogP contribution in [0.15, 0.2) is 18.3 Å². The van der Waals surface area contributed by atoms with Crippen molar-refractivity contribution in [3.8, 4) is 0 Å². The van der Waals surface area contributed by atoms with E-state index in [1.807, 2.05) is 0 Å². The lowest BCUT2D eigenvalue weighted by Crippen LogP contribution is -2.24. The van der Waals surface area contributed by atoms with Crippen molar-refractivity contribution in [3.05, 3.63) is 35.8 Å². The van der Waals surface area contributed by atoms with Gasteiger partial charge in [0, 0.05) is 37.7 Å². The second-order valence-corrected chi connectivity index (χ2v) is 7.60. The highest BCUT2D eigenvalue weighted by Gasteiger charge is 2.27. The van der Waals surface area contributed by atoms with Crippen molar-refractivity contribution in [3.63, 3.8) is 0 Å². The Morgan fingerprint density at radius 1 is 1.19 bits per heavy atom. The maximum atomic E-state index is 14.2. The number of fused-ring (bicyclic) bond motifs is 1. The van der Waals surface area contributed by atoms with Crippen LogP contribution in [0.25, 0.3) is 11.2 Å². The molecule has 4 heterocycles. The number of hydrogen-bond acceptors (Lipinski definition) is 8. The lowest BCUT2D eigenvalue weighted by atomic mass is 10.2. The van der Waals surface area contributed by atoms with Gasteiger partial charge in [-0.15, -0.1) is 0 Å². The highest BCUT2D eigenvalue weighted by atomic mass is 19.1. The number of halogens is 3. The fourth-order valence-electron chi connectivity index (χ4n) is 3.90. The topological polar surface area (TPSA) is 109 Å². The summed E-state index contributed by atoms with van der Waals surface area (Å²) in [6.07, 6.45) is 2.10. The van der Waals surface area contributed by atoms with Gasteiger partial charge in [-0.3, -0.25) is 9.88 Å². The van der Waals surface area contributed by atoms with Gasteiger partial charge in [0.2, 0.25) is 11.9 Å². The van der Waals surface area contributed by atoms with E-state index >= 15 is 0 Å². The molecule has 4 N–H and O–H groups in total. The Bertz CT molecular complexity index is 1100. The van der Waals surface area contributed by atoms with Gasteiger partial charge in [-0.2, -0.15) is 4.98 Å². The highest BCUT2D eigenvalue weighted by molar-refractivity contribution is 5.76. The number of anilines is 3. The minimum atomic E-state index is -1.07. The summed E-state index contributed by atoms with van der Waals surface area (Å²) < 4.78 is 48.9. The molecule has 3 atom stereocenters. The van der Waals surface area contributed by atoms with E-state index in [4.69, 9.17) is 4.74 Å². The van der Waals surface area contributed by atoms with Crippen molar-refractivity contribution >= 4 is 28.7 Å². The van der Waals surface area contributed by atoms with E-state index in [0.29, 0.717) is 61.8 Å². The van der Waals surface area contributed by atoms with E-state index in [-0.39, 0.29) is 18.0 Å². The monoisotopic (exact) mass is 435 g/mol. The number of rotatable bonds is 5. The molecule has 1 unspecified atom stereocenters. The highest BCUT2D eigenvalue weighted by Crippen LogP contribution is 2.32. The number of imidazole rings is 1. The summed E-state index contributed by atoms with van der Waals surface area (Å²) in [5.74, 6) is -2.65. The van der Waals surface area contributed by atoms with E-state index in [2.05, 4.69) is 30.9 Å². The Kier molecular flexibility index (Phi) is 5.12. The molecule has 0 bridgehead atoms. The lowest BCUT2D eigenvalue weighted by molar-refractivity contribution is 0.160. The minimum Gasteiger partial charge on any atom is -0.379 e. The zero-order chi connectivity index (χ0) is 21.5. The Hall–Kier alpha value is -2.96. The van der Waals surface area contributed by atoms with Gasteiger partial charge in [-0.25, -0.2) is 23.1 Å². The minimum absolute atomic E-state index is 0.0429. The van der Waals surface area contributed by atoms with Gasteiger partial charge in [0.15, 0.2) is 17.3 Å². The summed E-state index contributed by atoms with van der Waals surface area (Å²) in [6, 6.07) is 1.00. The molecule has 0 aliphatic carbocycles. The van der Waals surface area contributed by atoms with Gasteiger partial charge in [-0.1, -0.05) is 0 Å². The first-order valence-electron chi connectivity index (χ1n) is 9.90. The molecule has 2 aliphatic heterocycles. The SMILES string of the molecule is OC1C[C@H](Nc2ncc3nc(Nc4c(F)cc(F)cc4F)n([C@H]4CCOC4)c3n2)CN1. The second kappa shape index (κ2) is 7.94. The number of aromatic nitrogens is 4. The fourth-order valence-corrected chi connectivity index (χ4v) is 3.90. The van der Waals surface area contributed by atoms with Crippen LogP contribution in [0.3, 0.4) is 0 Å². The van der Waals surface area contributed by atoms with Crippen LogP contribution in [0.5, 0.6) is 0 Å². The Balaban J connectivity index is 1.54. The van der Waals surface area contributed by atoms with Crippen molar-refractivity contribution in [2.45, 2.75) is 31.2 Å². The van der Waals surface area contributed by atoms with Crippen molar-refractivity contribution in [2.24, 2.45) is 0 Å². The summed E-state index contributed by atoms with van der Waals surface area (Å²) in [5, 5.41) is 18.4. The fraction of sp³-hybridized carbons (Fsp3) is 0.421. The Labute approximate surface area is 174 Å². The van der Waals surface area contributed by atoms with Crippen LogP contribution in [0.1, 0.15) is 18.9 Å². The predicted molar refractivity (Wildman–Crippen MR) is 105 cm³/mol. The summed E-state index contributed by atoms with van der Waals surface area (Å²) in [5.41, 5.74) is 0.381. The quantitative estimate of drug-likeness (QED) is 0.482. The summed E-state index contributed by atoms with van der Waals surface area (Å²) in [4.78, 5) is 13.2. The number of aliphatic hydroxyl groups excluding tert-OH is 1. The van der Waals surface area contributed by atoms with E-state index in [0.717, 1.165) is 0 Å². The number of hydrogen-bond donors (Lipinski definition) is 4. The molecule has 0 saturated carbocycles. The number of benzene rings is 1. The molecular weight excluding hydrogens is 415 g/mol. The molecule has 164 valence electrons. The van der Waals surface area contributed by atoms with Crippen molar-refractivity contribution < 1.29 is 23.0 Å². The average molecular weight is 435 g/mol. The lowest BCUT2D eigenvalue weighted by Gasteiger charge is -2.16. The van der Waals surface area contributed by atoms with E-state index < -0.39 is 29.4 Å². The van der Waals surface area contributed by atoms with Gasteiger partial charge < -0.3 is 20.5 Å². The van der Waals surface area contributed by atoms with Crippen LogP contribution in [0.2, 0.25) is 0 Å². The maximum absolute atomic E-state index is 14.2. The molecule has 0 radical (unpaired) electrons. The van der Waals surface area contributed by atoms with Crippen LogP contribution in [0, 0.1) is 17.5 Å². The molecule has 0 amide bonds. The smallest absolute Gasteiger partial charge is 0.225 e. The van der Waals surface area contributed by atoms with Crippen molar-refractivity contribution in [2.75, 3.05) is 30.4 Å². The first-order chi connectivity index (χ1) is 15.0. The molecule has 9 nitrogen and oxygen atoms in total. The maximum Gasteiger partial charge on any atom is 0.225 e. The van der Waals surface area contributed by atoms with Gasteiger partial charge in [0.25, 0.3) is 0 Å². The molecule has 12 heteroatoms. The largest absolute Gasteiger partial charge is 0.379 e. The summed E-state index contributed by atoms with van der Waals surface area (Å²) in [7, 11) is 0. The molecule has 2 aromatic heterocycles. The normalized spacial score (nSPS) is 23.5. The number of ether oxygens (including phenoxy) is 1. The molecule has 1 aromatic carbocycles. The Morgan fingerprint density at radius 3 is 2.68 bits per heavy atom. The van der Waals surface area contributed by atoms with Crippen molar-refractivity contribution in [1.82, 2.24) is 24.8 Å². The third kappa shape index (κ3) is 3.89. The third-order valence-electron chi connectivity index (χ3n) is 5.39. The van der Waals surface area contributed by atoms with Crippen LogP contribution in [0.4, 0.5) is 30.8 Å². The average Bonchev–Trinajstić information content (AvgIpc) is 3.44. The first kappa shape index (κ1) is 20.0. The Morgan fingerprint density at radius 2 is 2.00 bits per heavy atom. The molecule has 2 saturated heterocycles. The molecule has 31 heavy (non-hydrogen) atoms. The molecule has 3 aromatic rings. The van der Waals surface area contributed by atoms with Gasteiger partial charge >= 0.3 is 0 Å². The summed E-state index contributed by atoms with van der Waals surface area (Å²) >= 11 is 0.